The molecular weight excluding hydrogens is 404 g/mol. The van der Waals surface area contributed by atoms with Crippen LogP contribution in [0.2, 0.25) is 5.02 Å². The van der Waals surface area contributed by atoms with Crippen molar-refractivity contribution in [2.45, 2.75) is 24.5 Å². The van der Waals surface area contributed by atoms with Crippen molar-refractivity contribution in [3.05, 3.63) is 58.1 Å². The zero-order chi connectivity index (χ0) is 20.2. The molecule has 0 aliphatic carbocycles. The lowest BCUT2D eigenvalue weighted by molar-refractivity contribution is -0.113. The van der Waals surface area contributed by atoms with E-state index in [1.165, 1.54) is 31.9 Å². The highest BCUT2D eigenvalue weighted by Crippen LogP contribution is 2.26. The summed E-state index contributed by atoms with van der Waals surface area (Å²) in [6, 6.07) is 10.6. The van der Waals surface area contributed by atoms with Crippen LogP contribution in [0.15, 0.2) is 41.3 Å². The summed E-state index contributed by atoms with van der Waals surface area (Å²) in [5.41, 5.74) is 3.22. The largest absolute Gasteiger partial charge is 0.325 e. The molecule has 0 aromatic heterocycles. The second-order valence-electron chi connectivity index (χ2n) is 6.37. The molecule has 0 unspecified atom stereocenters. The molecule has 5 nitrogen and oxygen atoms in total. The number of hydrogen-bond donors (Lipinski definition) is 1. The number of halogens is 1. The maximum atomic E-state index is 12.4. The first-order valence-corrected chi connectivity index (χ1v) is 11.2. The fourth-order valence-corrected chi connectivity index (χ4v) is 4.39. The van der Waals surface area contributed by atoms with Crippen molar-refractivity contribution in [2.24, 2.45) is 0 Å². The Morgan fingerprint density at radius 1 is 1.19 bits per heavy atom. The van der Waals surface area contributed by atoms with Gasteiger partial charge in [0.15, 0.2) is 0 Å². The quantitative estimate of drug-likeness (QED) is 0.724. The molecule has 0 aliphatic heterocycles. The molecule has 0 bridgehead atoms. The van der Waals surface area contributed by atoms with E-state index in [9.17, 15) is 13.2 Å². The molecule has 27 heavy (non-hydrogen) atoms. The number of benzene rings is 2. The maximum Gasteiger partial charge on any atom is 0.242 e. The number of nitrogens with zero attached hydrogens (tertiary/aromatic N) is 1. The van der Waals surface area contributed by atoms with Crippen LogP contribution >= 0.6 is 23.4 Å². The summed E-state index contributed by atoms with van der Waals surface area (Å²) in [5.74, 6) is 0.750. The lowest BCUT2D eigenvalue weighted by Gasteiger charge is -2.16. The lowest BCUT2D eigenvalue weighted by atomic mass is 10.1. The first-order valence-electron chi connectivity index (χ1n) is 8.27. The zero-order valence-corrected chi connectivity index (χ0v) is 18.1. The number of anilines is 1. The van der Waals surface area contributed by atoms with Crippen molar-refractivity contribution < 1.29 is 13.2 Å². The van der Waals surface area contributed by atoms with Gasteiger partial charge in [-0.15, -0.1) is 11.8 Å². The standard InChI is InChI=1S/C19H23ClN2O3S2/c1-13-8-17(27(24,25)22(3)4)10-18(14(13)2)21-19(23)12-26-11-15-6-5-7-16(20)9-15/h5-10H,11-12H2,1-4H3,(H,21,23). The lowest BCUT2D eigenvalue weighted by Crippen LogP contribution is -2.23. The van der Waals surface area contributed by atoms with E-state index in [0.717, 1.165) is 21.0 Å². The first kappa shape index (κ1) is 21.8. The van der Waals surface area contributed by atoms with Gasteiger partial charge < -0.3 is 5.32 Å². The number of sulfonamides is 1. The van der Waals surface area contributed by atoms with Gasteiger partial charge in [0.2, 0.25) is 15.9 Å². The summed E-state index contributed by atoms with van der Waals surface area (Å²) in [5, 5.41) is 3.50. The van der Waals surface area contributed by atoms with Crippen molar-refractivity contribution >= 4 is 45.0 Å². The second-order valence-corrected chi connectivity index (χ2v) is 9.94. The number of thioether (sulfide) groups is 1. The normalized spacial score (nSPS) is 11.6. The Bertz CT molecular complexity index is 944. The summed E-state index contributed by atoms with van der Waals surface area (Å²) < 4.78 is 25.9. The highest BCUT2D eigenvalue weighted by molar-refractivity contribution is 7.99. The smallest absolute Gasteiger partial charge is 0.242 e. The van der Waals surface area contributed by atoms with Gasteiger partial charge in [-0.25, -0.2) is 12.7 Å². The predicted molar refractivity (Wildman–Crippen MR) is 113 cm³/mol. The topological polar surface area (TPSA) is 66.5 Å². The van der Waals surface area contributed by atoms with Gasteiger partial charge in [0.05, 0.1) is 10.6 Å². The average Bonchev–Trinajstić information content (AvgIpc) is 2.58. The maximum absolute atomic E-state index is 12.4. The molecule has 0 saturated carbocycles. The molecule has 1 amide bonds. The highest BCUT2D eigenvalue weighted by atomic mass is 35.5. The van der Waals surface area contributed by atoms with Crippen molar-refractivity contribution in [1.29, 1.82) is 0 Å². The van der Waals surface area contributed by atoms with Gasteiger partial charge in [-0.2, -0.15) is 0 Å². The van der Waals surface area contributed by atoms with E-state index in [0.29, 0.717) is 16.5 Å². The van der Waals surface area contributed by atoms with Gasteiger partial charge in [-0.05, 0) is 54.8 Å². The molecule has 8 heteroatoms. The number of carbonyl (C=O) groups excluding carboxylic acids is 1. The Kier molecular flexibility index (Phi) is 7.33. The van der Waals surface area contributed by atoms with E-state index in [1.54, 1.807) is 6.07 Å². The number of carbonyl (C=O) groups is 1. The van der Waals surface area contributed by atoms with Crippen LogP contribution in [-0.4, -0.2) is 38.5 Å². The molecule has 1 N–H and O–H groups in total. The van der Waals surface area contributed by atoms with Crippen LogP contribution in [0.4, 0.5) is 5.69 Å². The van der Waals surface area contributed by atoms with Crippen LogP contribution in [0.5, 0.6) is 0 Å². The Balaban J connectivity index is 2.07. The SMILES string of the molecule is Cc1cc(S(=O)(=O)N(C)C)cc(NC(=O)CSCc2cccc(Cl)c2)c1C. The Morgan fingerprint density at radius 2 is 1.89 bits per heavy atom. The first-order chi connectivity index (χ1) is 12.6. The minimum Gasteiger partial charge on any atom is -0.325 e. The van der Waals surface area contributed by atoms with Crippen LogP contribution in [0.3, 0.4) is 0 Å². The molecule has 0 radical (unpaired) electrons. The van der Waals surface area contributed by atoms with Gasteiger partial charge >= 0.3 is 0 Å². The van der Waals surface area contributed by atoms with E-state index in [4.69, 9.17) is 11.6 Å². The Hall–Kier alpha value is -1.54. The fourth-order valence-electron chi connectivity index (χ4n) is 2.39. The molecule has 2 aromatic rings. The summed E-state index contributed by atoms with van der Waals surface area (Å²) >= 11 is 7.43. The molecule has 0 fully saturated rings. The molecule has 2 aromatic carbocycles. The molecule has 0 heterocycles. The number of amides is 1. The fraction of sp³-hybridized carbons (Fsp3) is 0.316. The molecule has 0 aliphatic rings. The summed E-state index contributed by atoms with van der Waals surface area (Å²) in [7, 11) is -0.604. The molecule has 0 spiro atoms. The monoisotopic (exact) mass is 426 g/mol. The molecule has 2 rings (SSSR count). The van der Waals surface area contributed by atoms with E-state index >= 15 is 0 Å². The van der Waals surface area contributed by atoms with E-state index in [-0.39, 0.29) is 16.6 Å². The third kappa shape index (κ3) is 5.72. The van der Waals surface area contributed by atoms with Gasteiger partial charge in [0.25, 0.3) is 0 Å². The van der Waals surface area contributed by atoms with Crippen molar-refractivity contribution in [3.8, 4) is 0 Å². The number of nitrogens with one attached hydrogen (secondary N) is 1. The molecule has 0 atom stereocenters. The third-order valence-corrected chi connectivity index (χ3v) is 7.12. The van der Waals surface area contributed by atoms with Gasteiger partial charge in [0.1, 0.15) is 0 Å². The van der Waals surface area contributed by atoms with Crippen LogP contribution in [0.25, 0.3) is 0 Å². The summed E-state index contributed by atoms with van der Waals surface area (Å²) in [6.45, 7) is 3.68. The van der Waals surface area contributed by atoms with Crippen molar-refractivity contribution in [1.82, 2.24) is 4.31 Å². The van der Waals surface area contributed by atoms with Crippen LogP contribution in [0.1, 0.15) is 16.7 Å². The van der Waals surface area contributed by atoms with Crippen molar-refractivity contribution in [3.63, 3.8) is 0 Å². The predicted octanol–water partition coefficient (Wildman–Crippen LogP) is 4.08. The summed E-state index contributed by atoms with van der Waals surface area (Å²) in [4.78, 5) is 12.5. The summed E-state index contributed by atoms with van der Waals surface area (Å²) in [6.07, 6.45) is 0. The molecule has 0 saturated heterocycles. The number of aryl methyl sites for hydroxylation is 1. The molecule has 146 valence electrons. The molecular formula is C19H23ClN2O3S2. The van der Waals surface area contributed by atoms with E-state index in [1.807, 2.05) is 38.1 Å². The van der Waals surface area contributed by atoms with Crippen LogP contribution in [0, 0.1) is 13.8 Å². The van der Waals surface area contributed by atoms with Crippen LogP contribution < -0.4 is 5.32 Å². The number of rotatable bonds is 7. The number of hydrogen-bond acceptors (Lipinski definition) is 4. The van der Waals surface area contributed by atoms with Gasteiger partial charge in [-0.1, -0.05) is 23.7 Å². The second kappa shape index (κ2) is 9.10. The minimum atomic E-state index is -3.57. The van der Waals surface area contributed by atoms with Gasteiger partial charge in [-0.3, -0.25) is 4.79 Å². The van der Waals surface area contributed by atoms with Gasteiger partial charge in [0, 0.05) is 30.6 Å². The zero-order valence-electron chi connectivity index (χ0n) is 15.7. The van der Waals surface area contributed by atoms with Crippen LogP contribution in [-0.2, 0) is 20.6 Å². The Labute approximate surface area is 170 Å². The average molecular weight is 427 g/mol. The Morgan fingerprint density at radius 3 is 2.52 bits per heavy atom. The third-order valence-electron chi connectivity index (χ3n) is 4.08. The highest BCUT2D eigenvalue weighted by Gasteiger charge is 2.20. The minimum absolute atomic E-state index is 0.164. The van der Waals surface area contributed by atoms with E-state index < -0.39 is 10.0 Å². The van der Waals surface area contributed by atoms with Crippen molar-refractivity contribution in [2.75, 3.05) is 25.2 Å². The van der Waals surface area contributed by atoms with E-state index in [2.05, 4.69) is 5.32 Å².